The average molecular weight is 230 g/mol. The fraction of sp³-hybridized carbons (Fsp3) is 0.917. The SMILES string of the molecule is CNCCC(C)CCNC(=O)OC(C)(C)C. The van der Waals surface area contributed by atoms with Crippen molar-refractivity contribution < 1.29 is 9.53 Å². The topological polar surface area (TPSA) is 50.4 Å². The molecule has 0 aliphatic rings. The molecular formula is C12H26N2O2. The average Bonchev–Trinajstić information content (AvgIpc) is 2.11. The normalized spacial score (nSPS) is 13.3. The van der Waals surface area contributed by atoms with Crippen LogP contribution in [0.25, 0.3) is 0 Å². The van der Waals surface area contributed by atoms with Gasteiger partial charge in [0.15, 0.2) is 0 Å². The van der Waals surface area contributed by atoms with E-state index in [0.717, 1.165) is 19.4 Å². The zero-order valence-electron chi connectivity index (χ0n) is 11.2. The molecule has 1 atom stereocenters. The minimum Gasteiger partial charge on any atom is -0.444 e. The molecule has 0 aromatic heterocycles. The predicted octanol–water partition coefficient (Wildman–Crippen LogP) is 2.15. The van der Waals surface area contributed by atoms with Gasteiger partial charge >= 0.3 is 6.09 Å². The summed E-state index contributed by atoms with van der Waals surface area (Å²) in [5.74, 6) is 0.613. The van der Waals surface area contributed by atoms with Crippen LogP contribution in [0.4, 0.5) is 4.79 Å². The Bertz CT molecular complexity index is 200. The van der Waals surface area contributed by atoms with Gasteiger partial charge < -0.3 is 15.4 Å². The first kappa shape index (κ1) is 15.2. The molecule has 16 heavy (non-hydrogen) atoms. The Morgan fingerprint density at radius 1 is 1.25 bits per heavy atom. The first-order valence-corrected chi connectivity index (χ1v) is 5.96. The van der Waals surface area contributed by atoms with Crippen LogP contribution >= 0.6 is 0 Å². The highest BCUT2D eigenvalue weighted by molar-refractivity contribution is 5.67. The molecule has 0 bridgehead atoms. The number of amides is 1. The molecule has 0 aromatic carbocycles. The highest BCUT2D eigenvalue weighted by atomic mass is 16.6. The Kier molecular flexibility index (Phi) is 7.13. The summed E-state index contributed by atoms with van der Waals surface area (Å²) in [5, 5.41) is 5.88. The Morgan fingerprint density at radius 3 is 2.31 bits per heavy atom. The molecule has 1 amide bonds. The molecule has 1 unspecified atom stereocenters. The molecule has 2 N–H and O–H groups in total. The van der Waals surface area contributed by atoms with Gasteiger partial charge in [-0.3, -0.25) is 0 Å². The lowest BCUT2D eigenvalue weighted by Crippen LogP contribution is -2.33. The fourth-order valence-corrected chi connectivity index (χ4v) is 1.27. The van der Waals surface area contributed by atoms with Crippen LogP contribution in [0.3, 0.4) is 0 Å². The summed E-state index contributed by atoms with van der Waals surface area (Å²) in [6, 6.07) is 0. The number of carbonyl (C=O) groups excluding carboxylic acids is 1. The largest absolute Gasteiger partial charge is 0.444 e. The van der Waals surface area contributed by atoms with Crippen molar-refractivity contribution in [3.8, 4) is 0 Å². The van der Waals surface area contributed by atoms with Gasteiger partial charge in [-0.2, -0.15) is 0 Å². The quantitative estimate of drug-likeness (QED) is 0.735. The summed E-state index contributed by atoms with van der Waals surface area (Å²) in [6.07, 6.45) is 1.79. The van der Waals surface area contributed by atoms with Crippen LogP contribution in [-0.4, -0.2) is 31.8 Å². The number of ether oxygens (including phenoxy) is 1. The van der Waals surface area contributed by atoms with E-state index in [2.05, 4.69) is 17.6 Å². The van der Waals surface area contributed by atoms with Crippen molar-refractivity contribution in [3.05, 3.63) is 0 Å². The number of carbonyl (C=O) groups is 1. The maximum Gasteiger partial charge on any atom is 0.407 e. The van der Waals surface area contributed by atoms with E-state index in [0.29, 0.717) is 12.5 Å². The summed E-state index contributed by atoms with van der Waals surface area (Å²) in [4.78, 5) is 11.3. The molecule has 0 radical (unpaired) electrons. The van der Waals surface area contributed by atoms with Gasteiger partial charge in [0.25, 0.3) is 0 Å². The summed E-state index contributed by atoms with van der Waals surface area (Å²) in [6.45, 7) is 9.48. The molecular weight excluding hydrogens is 204 g/mol. The fourth-order valence-electron chi connectivity index (χ4n) is 1.27. The highest BCUT2D eigenvalue weighted by Crippen LogP contribution is 2.07. The van der Waals surface area contributed by atoms with Crippen molar-refractivity contribution in [1.82, 2.24) is 10.6 Å². The third-order valence-electron chi connectivity index (χ3n) is 2.19. The van der Waals surface area contributed by atoms with E-state index in [1.165, 1.54) is 0 Å². The first-order valence-electron chi connectivity index (χ1n) is 5.96. The van der Waals surface area contributed by atoms with Crippen LogP contribution in [0, 0.1) is 5.92 Å². The van der Waals surface area contributed by atoms with Gasteiger partial charge in [0, 0.05) is 6.54 Å². The van der Waals surface area contributed by atoms with Crippen LogP contribution < -0.4 is 10.6 Å². The second-order valence-corrected chi connectivity index (χ2v) is 5.21. The molecule has 0 fully saturated rings. The first-order chi connectivity index (χ1) is 7.35. The molecule has 0 aliphatic heterocycles. The molecule has 0 spiro atoms. The minimum atomic E-state index is -0.415. The van der Waals surface area contributed by atoms with Crippen LogP contribution in [-0.2, 0) is 4.74 Å². The monoisotopic (exact) mass is 230 g/mol. The highest BCUT2D eigenvalue weighted by Gasteiger charge is 2.15. The van der Waals surface area contributed by atoms with Gasteiger partial charge in [-0.05, 0) is 53.1 Å². The number of nitrogens with one attached hydrogen (secondary N) is 2. The molecule has 0 aliphatic carbocycles. The molecule has 4 nitrogen and oxygen atoms in total. The van der Waals surface area contributed by atoms with E-state index in [1.807, 2.05) is 27.8 Å². The molecule has 4 heteroatoms. The van der Waals surface area contributed by atoms with Crippen LogP contribution in [0.5, 0.6) is 0 Å². The third-order valence-corrected chi connectivity index (χ3v) is 2.19. The molecule has 0 aromatic rings. The van der Waals surface area contributed by atoms with Gasteiger partial charge in [0.05, 0.1) is 0 Å². The minimum absolute atomic E-state index is 0.326. The molecule has 0 heterocycles. The second kappa shape index (κ2) is 7.49. The van der Waals surface area contributed by atoms with Crippen LogP contribution in [0.2, 0.25) is 0 Å². The zero-order chi connectivity index (χ0) is 12.6. The molecule has 0 saturated carbocycles. The van der Waals surface area contributed by atoms with Crippen molar-refractivity contribution >= 4 is 6.09 Å². The third kappa shape index (κ3) is 9.77. The van der Waals surface area contributed by atoms with E-state index >= 15 is 0 Å². The Hall–Kier alpha value is -0.770. The van der Waals surface area contributed by atoms with Gasteiger partial charge in [-0.25, -0.2) is 4.79 Å². The maximum atomic E-state index is 11.3. The summed E-state index contributed by atoms with van der Waals surface area (Å²) < 4.78 is 5.14. The van der Waals surface area contributed by atoms with Crippen LogP contribution in [0.15, 0.2) is 0 Å². The zero-order valence-corrected chi connectivity index (χ0v) is 11.2. The van der Waals surface area contributed by atoms with Gasteiger partial charge in [-0.1, -0.05) is 6.92 Å². The van der Waals surface area contributed by atoms with E-state index in [9.17, 15) is 4.79 Å². The van der Waals surface area contributed by atoms with Crippen molar-refractivity contribution in [2.45, 2.75) is 46.1 Å². The predicted molar refractivity (Wildman–Crippen MR) is 66.6 cm³/mol. The smallest absolute Gasteiger partial charge is 0.407 e. The number of alkyl carbamates (subject to hydrolysis) is 1. The number of rotatable bonds is 6. The molecule has 0 rings (SSSR count). The Morgan fingerprint density at radius 2 is 1.81 bits per heavy atom. The van der Waals surface area contributed by atoms with Crippen LogP contribution in [0.1, 0.15) is 40.5 Å². The summed E-state index contributed by atoms with van der Waals surface area (Å²) >= 11 is 0. The molecule has 0 saturated heterocycles. The molecule has 96 valence electrons. The van der Waals surface area contributed by atoms with E-state index in [4.69, 9.17) is 4.74 Å². The maximum absolute atomic E-state index is 11.3. The lowest BCUT2D eigenvalue weighted by atomic mass is 10.0. The standard InChI is InChI=1S/C12H26N2O2/c1-10(6-8-13-5)7-9-14-11(15)16-12(2,3)4/h10,13H,6-9H2,1-5H3,(H,14,15). The van der Waals surface area contributed by atoms with E-state index in [1.54, 1.807) is 0 Å². The lowest BCUT2D eigenvalue weighted by Gasteiger charge is -2.20. The van der Waals surface area contributed by atoms with E-state index in [-0.39, 0.29) is 6.09 Å². The van der Waals surface area contributed by atoms with Crippen molar-refractivity contribution in [3.63, 3.8) is 0 Å². The summed E-state index contributed by atoms with van der Waals surface area (Å²) in [7, 11) is 1.95. The van der Waals surface area contributed by atoms with Gasteiger partial charge in [0.2, 0.25) is 0 Å². The number of hydrogen-bond donors (Lipinski definition) is 2. The summed E-state index contributed by atoms with van der Waals surface area (Å²) in [5.41, 5.74) is -0.415. The Labute approximate surface area is 99.1 Å². The second-order valence-electron chi connectivity index (χ2n) is 5.21. The lowest BCUT2D eigenvalue weighted by molar-refractivity contribution is 0.0525. The van der Waals surface area contributed by atoms with Gasteiger partial charge in [0.1, 0.15) is 5.60 Å². The van der Waals surface area contributed by atoms with Crippen molar-refractivity contribution in [2.75, 3.05) is 20.1 Å². The Balaban J connectivity index is 3.54. The number of hydrogen-bond acceptors (Lipinski definition) is 3. The van der Waals surface area contributed by atoms with Gasteiger partial charge in [-0.15, -0.1) is 0 Å². The van der Waals surface area contributed by atoms with Crippen molar-refractivity contribution in [2.24, 2.45) is 5.92 Å². The van der Waals surface area contributed by atoms with E-state index < -0.39 is 5.60 Å². The van der Waals surface area contributed by atoms with Crippen molar-refractivity contribution in [1.29, 1.82) is 0 Å².